The Hall–Kier alpha value is -1.73. The van der Waals surface area contributed by atoms with Crippen molar-refractivity contribution in [2.24, 2.45) is 0 Å². The van der Waals surface area contributed by atoms with E-state index in [9.17, 15) is 4.79 Å². The predicted octanol–water partition coefficient (Wildman–Crippen LogP) is -0.126. The van der Waals surface area contributed by atoms with Gasteiger partial charge < -0.3 is 14.6 Å². The normalized spacial score (nSPS) is 21.1. The lowest BCUT2D eigenvalue weighted by atomic mass is 10.2. The number of nitrogens with one attached hydrogen (secondary N) is 2. The van der Waals surface area contributed by atoms with Crippen molar-refractivity contribution in [2.75, 3.05) is 19.6 Å². The summed E-state index contributed by atoms with van der Waals surface area (Å²) in [5.41, 5.74) is 0. The Morgan fingerprint density at radius 1 is 1.53 bits per heavy atom. The first-order valence-electron chi connectivity index (χ1n) is 6.22. The highest BCUT2D eigenvalue weighted by atomic mass is 32.1. The fraction of sp³-hybridized carbons (Fsp3) is 0.417. The van der Waals surface area contributed by atoms with Crippen molar-refractivity contribution >= 4 is 17.2 Å². The Balaban J connectivity index is 1.77. The number of thiophene rings is 1. The van der Waals surface area contributed by atoms with Gasteiger partial charge >= 0.3 is 0 Å². The first-order valence-corrected chi connectivity index (χ1v) is 7.10. The van der Waals surface area contributed by atoms with Gasteiger partial charge in [-0.2, -0.15) is 0 Å². The van der Waals surface area contributed by atoms with Crippen LogP contribution in [0.25, 0.3) is 10.8 Å². The van der Waals surface area contributed by atoms with E-state index in [-0.39, 0.29) is 11.9 Å². The fourth-order valence-corrected chi connectivity index (χ4v) is 2.82. The van der Waals surface area contributed by atoms with E-state index in [4.69, 9.17) is 4.42 Å². The summed E-state index contributed by atoms with van der Waals surface area (Å²) in [6.07, 6.45) is 0. The Bertz CT molecular complexity index is 566. The number of carbonyl (C=O) groups excluding carboxylic acids is 1. The van der Waals surface area contributed by atoms with Gasteiger partial charge in [-0.25, -0.2) is 0 Å². The van der Waals surface area contributed by atoms with Crippen molar-refractivity contribution in [2.45, 2.75) is 13.0 Å². The van der Waals surface area contributed by atoms with Crippen LogP contribution in [-0.4, -0.2) is 35.7 Å². The SMILES string of the molecule is C[C@@H](c1nnc(-c2cccs2)o1)[NH+]1CCNC(=O)C1. The molecule has 2 aromatic heterocycles. The second-order valence-corrected chi connectivity index (χ2v) is 5.53. The molecule has 2 atom stereocenters. The van der Waals surface area contributed by atoms with E-state index >= 15 is 0 Å². The lowest BCUT2D eigenvalue weighted by Crippen LogP contribution is -3.15. The zero-order valence-electron chi connectivity index (χ0n) is 10.5. The summed E-state index contributed by atoms with van der Waals surface area (Å²) in [5, 5.41) is 13.0. The molecule has 0 radical (unpaired) electrons. The minimum Gasteiger partial charge on any atom is -0.414 e. The molecule has 100 valence electrons. The molecule has 3 heterocycles. The van der Waals surface area contributed by atoms with Gasteiger partial charge in [0.15, 0.2) is 12.6 Å². The van der Waals surface area contributed by atoms with Gasteiger partial charge in [-0.05, 0) is 18.4 Å². The molecule has 2 N–H and O–H groups in total. The van der Waals surface area contributed by atoms with Crippen LogP contribution in [0, 0.1) is 0 Å². The number of carbonyl (C=O) groups is 1. The van der Waals surface area contributed by atoms with Crippen LogP contribution < -0.4 is 10.2 Å². The highest BCUT2D eigenvalue weighted by molar-refractivity contribution is 7.13. The van der Waals surface area contributed by atoms with E-state index < -0.39 is 0 Å². The standard InChI is InChI=1S/C12H14N4O2S/c1-8(16-5-4-13-10(17)7-16)11-14-15-12(18-11)9-3-2-6-19-9/h2-3,6,8H,4-5,7H2,1H3,(H,13,17)/p+1/t8-/m0/s1. The van der Waals surface area contributed by atoms with Crippen molar-refractivity contribution in [1.29, 1.82) is 0 Å². The highest BCUT2D eigenvalue weighted by Gasteiger charge is 2.29. The number of aromatic nitrogens is 2. The molecule has 1 fully saturated rings. The number of nitrogens with zero attached hydrogens (tertiary/aromatic N) is 2. The Kier molecular flexibility index (Phi) is 3.31. The fourth-order valence-electron chi connectivity index (χ4n) is 2.17. The summed E-state index contributed by atoms with van der Waals surface area (Å²) in [7, 11) is 0. The van der Waals surface area contributed by atoms with Crippen LogP contribution in [-0.2, 0) is 4.79 Å². The van der Waals surface area contributed by atoms with E-state index in [1.54, 1.807) is 11.3 Å². The molecular weight excluding hydrogens is 264 g/mol. The highest BCUT2D eigenvalue weighted by Crippen LogP contribution is 2.24. The van der Waals surface area contributed by atoms with Crippen molar-refractivity contribution in [3.05, 3.63) is 23.4 Å². The Morgan fingerprint density at radius 2 is 2.42 bits per heavy atom. The summed E-state index contributed by atoms with van der Waals surface area (Å²) in [6.45, 7) is 4.05. The molecule has 0 aliphatic carbocycles. The summed E-state index contributed by atoms with van der Waals surface area (Å²) in [6, 6.07) is 3.94. The van der Waals surface area contributed by atoms with Crippen molar-refractivity contribution in [3.8, 4) is 10.8 Å². The van der Waals surface area contributed by atoms with Gasteiger partial charge in [0, 0.05) is 0 Å². The van der Waals surface area contributed by atoms with Crippen LogP contribution in [0.4, 0.5) is 0 Å². The van der Waals surface area contributed by atoms with Gasteiger partial charge in [-0.1, -0.05) is 6.07 Å². The first-order chi connectivity index (χ1) is 9.24. The average Bonchev–Trinajstić information content (AvgIpc) is 3.08. The molecule has 1 amide bonds. The molecule has 0 bridgehead atoms. The molecule has 19 heavy (non-hydrogen) atoms. The molecule has 0 saturated carbocycles. The van der Waals surface area contributed by atoms with Crippen LogP contribution in [0.5, 0.6) is 0 Å². The third kappa shape index (κ3) is 2.52. The molecule has 7 heteroatoms. The molecule has 6 nitrogen and oxygen atoms in total. The van der Waals surface area contributed by atoms with Crippen LogP contribution in [0.2, 0.25) is 0 Å². The molecule has 3 rings (SSSR count). The lowest BCUT2D eigenvalue weighted by molar-refractivity contribution is -0.924. The molecule has 2 aromatic rings. The van der Waals surface area contributed by atoms with E-state index in [1.807, 2.05) is 24.4 Å². The predicted molar refractivity (Wildman–Crippen MR) is 69.7 cm³/mol. The third-order valence-corrected chi connectivity index (χ3v) is 4.17. The van der Waals surface area contributed by atoms with Gasteiger partial charge in [-0.15, -0.1) is 21.5 Å². The third-order valence-electron chi connectivity index (χ3n) is 3.31. The number of amides is 1. The maximum absolute atomic E-state index is 11.4. The number of quaternary nitrogens is 1. The second-order valence-electron chi connectivity index (χ2n) is 4.58. The van der Waals surface area contributed by atoms with E-state index in [2.05, 4.69) is 15.5 Å². The summed E-state index contributed by atoms with van der Waals surface area (Å²) in [5.74, 6) is 1.22. The van der Waals surface area contributed by atoms with E-state index in [1.165, 1.54) is 0 Å². The molecule has 0 spiro atoms. The van der Waals surface area contributed by atoms with Gasteiger partial charge in [0.1, 0.15) is 0 Å². The van der Waals surface area contributed by atoms with Gasteiger partial charge in [0.2, 0.25) is 0 Å². The number of piperazine rings is 1. The summed E-state index contributed by atoms with van der Waals surface area (Å²) >= 11 is 1.57. The molecular formula is C12H15N4O2S+. The van der Waals surface area contributed by atoms with Gasteiger partial charge in [0.25, 0.3) is 17.7 Å². The van der Waals surface area contributed by atoms with Crippen LogP contribution in [0.3, 0.4) is 0 Å². The summed E-state index contributed by atoms with van der Waals surface area (Å²) in [4.78, 5) is 13.5. The average molecular weight is 279 g/mol. The maximum Gasteiger partial charge on any atom is 0.275 e. The van der Waals surface area contributed by atoms with E-state index in [0.29, 0.717) is 24.9 Å². The quantitative estimate of drug-likeness (QED) is 0.821. The number of rotatable bonds is 3. The minimum atomic E-state index is 0.0345. The zero-order chi connectivity index (χ0) is 13.2. The van der Waals surface area contributed by atoms with E-state index in [0.717, 1.165) is 16.3 Å². The van der Waals surface area contributed by atoms with Gasteiger partial charge in [-0.3, -0.25) is 4.79 Å². The first kappa shape index (κ1) is 12.3. The maximum atomic E-state index is 11.4. The smallest absolute Gasteiger partial charge is 0.275 e. The van der Waals surface area contributed by atoms with Crippen LogP contribution in [0.15, 0.2) is 21.9 Å². The Labute approximate surface area is 114 Å². The summed E-state index contributed by atoms with van der Waals surface area (Å²) < 4.78 is 5.71. The molecule has 1 aliphatic rings. The van der Waals surface area contributed by atoms with Crippen LogP contribution >= 0.6 is 11.3 Å². The molecule has 0 aromatic carbocycles. The van der Waals surface area contributed by atoms with Crippen molar-refractivity contribution in [1.82, 2.24) is 15.5 Å². The van der Waals surface area contributed by atoms with Crippen molar-refractivity contribution in [3.63, 3.8) is 0 Å². The molecule has 1 saturated heterocycles. The largest absolute Gasteiger partial charge is 0.414 e. The molecule has 1 unspecified atom stereocenters. The topological polar surface area (TPSA) is 72.5 Å². The monoisotopic (exact) mass is 279 g/mol. The minimum absolute atomic E-state index is 0.0345. The van der Waals surface area contributed by atoms with Crippen molar-refractivity contribution < 1.29 is 14.1 Å². The zero-order valence-corrected chi connectivity index (χ0v) is 11.4. The second kappa shape index (κ2) is 5.10. The number of hydrogen-bond donors (Lipinski definition) is 2. The van der Waals surface area contributed by atoms with Gasteiger partial charge in [0.05, 0.1) is 18.0 Å². The molecule has 1 aliphatic heterocycles. The lowest BCUT2D eigenvalue weighted by Gasteiger charge is -2.26. The number of hydrogen-bond acceptors (Lipinski definition) is 5. The Morgan fingerprint density at radius 3 is 3.16 bits per heavy atom. The van der Waals surface area contributed by atoms with Crippen LogP contribution in [0.1, 0.15) is 18.9 Å².